The van der Waals surface area contributed by atoms with Gasteiger partial charge in [0.25, 0.3) is 0 Å². The molecule has 2 rings (SSSR count). The number of rotatable bonds is 1. The molecular formula is C12H17FN6. The van der Waals surface area contributed by atoms with Crippen LogP contribution in [-0.2, 0) is 0 Å². The van der Waals surface area contributed by atoms with Gasteiger partial charge in [-0.15, -0.1) is 0 Å². The van der Waals surface area contributed by atoms with Crippen molar-refractivity contribution in [2.24, 2.45) is 16.5 Å². The smallest absolute Gasteiger partial charge is 0.221 e. The van der Waals surface area contributed by atoms with Gasteiger partial charge >= 0.3 is 0 Å². The molecule has 0 aliphatic carbocycles. The molecule has 1 fully saturated rings. The number of hydrogen-bond acceptors (Lipinski definition) is 2. The molecule has 1 aliphatic rings. The lowest BCUT2D eigenvalue weighted by atomic mass is 10.2. The van der Waals surface area contributed by atoms with Crippen LogP contribution in [0.1, 0.15) is 0 Å². The number of piperazine rings is 1. The van der Waals surface area contributed by atoms with Gasteiger partial charge in [0.1, 0.15) is 5.82 Å². The van der Waals surface area contributed by atoms with Crippen molar-refractivity contribution in [2.45, 2.75) is 0 Å². The van der Waals surface area contributed by atoms with Crippen LogP contribution in [0.2, 0.25) is 0 Å². The SMILES string of the molecule is N=C(N=C(N)N)N1CCN(c2ccccc2F)CC1. The van der Waals surface area contributed by atoms with Crippen LogP contribution in [0.3, 0.4) is 0 Å². The third kappa shape index (κ3) is 3.12. The average Bonchev–Trinajstić information content (AvgIpc) is 2.39. The minimum absolute atomic E-state index is 0.0492. The molecule has 5 N–H and O–H groups in total. The van der Waals surface area contributed by atoms with Gasteiger partial charge < -0.3 is 21.3 Å². The number of hydrogen-bond donors (Lipinski definition) is 3. The van der Waals surface area contributed by atoms with Gasteiger partial charge in [0.15, 0.2) is 5.96 Å². The average molecular weight is 264 g/mol. The number of aliphatic imine (C=N–C) groups is 1. The van der Waals surface area contributed by atoms with E-state index in [9.17, 15) is 4.39 Å². The normalized spacial score (nSPS) is 15.2. The molecule has 7 heteroatoms. The Labute approximate surface area is 111 Å². The van der Waals surface area contributed by atoms with Crippen molar-refractivity contribution in [3.05, 3.63) is 30.1 Å². The van der Waals surface area contributed by atoms with E-state index in [1.165, 1.54) is 6.07 Å². The van der Waals surface area contributed by atoms with E-state index in [0.29, 0.717) is 31.9 Å². The standard InChI is InChI=1S/C12H17FN6/c13-9-3-1-2-4-10(9)18-5-7-19(8-6-18)12(16)17-11(14)15/h1-4H,5-8H2,(H5,14,15,16,17). The molecule has 1 aromatic carbocycles. The molecule has 0 spiro atoms. The summed E-state index contributed by atoms with van der Waals surface area (Å²) in [6.07, 6.45) is 0. The molecule has 6 nitrogen and oxygen atoms in total. The van der Waals surface area contributed by atoms with Gasteiger partial charge in [-0.2, -0.15) is 4.99 Å². The summed E-state index contributed by atoms with van der Waals surface area (Å²) in [6, 6.07) is 6.69. The van der Waals surface area contributed by atoms with Crippen molar-refractivity contribution < 1.29 is 4.39 Å². The van der Waals surface area contributed by atoms with Crippen LogP contribution in [0, 0.1) is 11.2 Å². The molecule has 0 atom stereocenters. The minimum atomic E-state index is -0.227. The number of nitrogens with zero attached hydrogens (tertiary/aromatic N) is 3. The lowest BCUT2D eigenvalue weighted by molar-refractivity contribution is 0.378. The molecular weight excluding hydrogens is 247 g/mol. The summed E-state index contributed by atoms with van der Waals surface area (Å²) in [5.74, 6) is -0.301. The molecule has 0 bridgehead atoms. The number of halogens is 1. The maximum Gasteiger partial charge on any atom is 0.221 e. The van der Waals surface area contributed by atoms with Crippen molar-refractivity contribution in [3.63, 3.8) is 0 Å². The molecule has 0 radical (unpaired) electrons. The summed E-state index contributed by atoms with van der Waals surface area (Å²) < 4.78 is 13.6. The zero-order valence-corrected chi connectivity index (χ0v) is 10.5. The maximum absolute atomic E-state index is 13.6. The lowest BCUT2D eigenvalue weighted by Gasteiger charge is -2.36. The van der Waals surface area contributed by atoms with Gasteiger partial charge in [-0.05, 0) is 12.1 Å². The first kappa shape index (κ1) is 13.1. The van der Waals surface area contributed by atoms with E-state index in [0.717, 1.165) is 0 Å². The van der Waals surface area contributed by atoms with Crippen LogP contribution in [-0.4, -0.2) is 43.0 Å². The summed E-state index contributed by atoms with van der Waals surface area (Å²) in [5.41, 5.74) is 11.1. The van der Waals surface area contributed by atoms with Gasteiger partial charge in [-0.1, -0.05) is 12.1 Å². The Bertz CT molecular complexity index is 489. The Morgan fingerprint density at radius 2 is 1.79 bits per heavy atom. The van der Waals surface area contributed by atoms with Crippen LogP contribution in [0.25, 0.3) is 0 Å². The first-order chi connectivity index (χ1) is 9.08. The molecule has 0 aromatic heterocycles. The zero-order chi connectivity index (χ0) is 13.8. The Balaban J connectivity index is 1.98. The fourth-order valence-electron chi connectivity index (χ4n) is 2.06. The number of anilines is 1. The summed E-state index contributed by atoms with van der Waals surface area (Å²) in [6.45, 7) is 2.43. The molecule has 0 amide bonds. The van der Waals surface area contributed by atoms with E-state index in [2.05, 4.69) is 4.99 Å². The first-order valence-electron chi connectivity index (χ1n) is 6.00. The van der Waals surface area contributed by atoms with Gasteiger partial charge in [0.2, 0.25) is 5.96 Å². The Kier molecular flexibility index (Phi) is 3.84. The highest BCUT2D eigenvalue weighted by Gasteiger charge is 2.20. The van der Waals surface area contributed by atoms with E-state index in [-0.39, 0.29) is 17.7 Å². The molecule has 1 heterocycles. The van der Waals surface area contributed by atoms with Gasteiger partial charge in [-0.3, -0.25) is 5.41 Å². The van der Waals surface area contributed by atoms with Gasteiger partial charge in [-0.25, -0.2) is 4.39 Å². The number of nitrogens with one attached hydrogen (secondary N) is 1. The second-order valence-corrected chi connectivity index (χ2v) is 4.29. The monoisotopic (exact) mass is 264 g/mol. The molecule has 1 saturated heterocycles. The van der Waals surface area contributed by atoms with E-state index in [1.54, 1.807) is 17.0 Å². The van der Waals surface area contributed by atoms with E-state index in [4.69, 9.17) is 16.9 Å². The zero-order valence-electron chi connectivity index (χ0n) is 10.5. The molecule has 0 unspecified atom stereocenters. The van der Waals surface area contributed by atoms with Crippen molar-refractivity contribution in [2.75, 3.05) is 31.1 Å². The fraction of sp³-hybridized carbons (Fsp3) is 0.333. The molecule has 1 aliphatic heterocycles. The van der Waals surface area contributed by atoms with Crippen LogP contribution in [0.5, 0.6) is 0 Å². The highest BCUT2D eigenvalue weighted by atomic mass is 19.1. The molecule has 0 saturated carbocycles. The van der Waals surface area contributed by atoms with Crippen LogP contribution in [0.4, 0.5) is 10.1 Å². The van der Waals surface area contributed by atoms with E-state index < -0.39 is 0 Å². The second-order valence-electron chi connectivity index (χ2n) is 4.29. The highest BCUT2D eigenvalue weighted by Crippen LogP contribution is 2.20. The third-order valence-corrected chi connectivity index (χ3v) is 3.01. The highest BCUT2D eigenvalue weighted by molar-refractivity contribution is 5.91. The Morgan fingerprint density at radius 1 is 1.16 bits per heavy atom. The quantitative estimate of drug-likeness (QED) is 0.497. The third-order valence-electron chi connectivity index (χ3n) is 3.01. The van der Waals surface area contributed by atoms with Gasteiger partial charge in [0.05, 0.1) is 5.69 Å². The largest absolute Gasteiger partial charge is 0.370 e. The number of para-hydroxylation sites is 1. The molecule has 19 heavy (non-hydrogen) atoms. The fourth-order valence-corrected chi connectivity index (χ4v) is 2.06. The summed E-state index contributed by atoms with van der Waals surface area (Å²) >= 11 is 0. The van der Waals surface area contributed by atoms with Crippen LogP contribution >= 0.6 is 0 Å². The molecule has 102 valence electrons. The van der Waals surface area contributed by atoms with Crippen LogP contribution < -0.4 is 16.4 Å². The summed E-state index contributed by atoms with van der Waals surface area (Å²) in [5, 5.41) is 7.71. The van der Waals surface area contributed by atoms with Crippen LogP contribution in [0.15, 0.2) is 29.3 Å². The predicted octanol–water partition coefficient (Wildman–Crippen LogP) is 0.156. The van der Waals surface area contributed by atoms with E-state index in [1.807, 2.05) is 11.0 Å². The van der Waals surface area contributed by atoms with Crippen molar-refractivity contribution in [3.8, 4) is 0 Å². The number of nitrogens with two attached hydrogens (primary N) is 2. The maximum atomic E-state index is 13.6. The lowest BCUT2D eigenvalue weighted by Crippen LogP contribution is -2.49. The molecule has 1 aromatic rings. The van der Waals surface area contributed by atoms with E-state index >= 15 is 0 Å². The van der Waals surface area contributed by atoms with Crippen molar-refractivity contribution in [1.82, 2.24) is 4.90 Å². The second kappa shape index (κ2) is 5.55. The van der Waals surface area contributed by atoms with Gasteiger partial charge in [0, 0.05) is 26.2 Å². The summed E-state index contributed by atoms with van der Waals surface area (Å²) in [4.78, 5) is 7.42. The topological polar surface area (TPSA) is 94.7 Å². The Hall–Kier alpha value is -2.31. The van der Waals surface area contributed by atoms with Crippen molar-refractivity contribution >= 4 is 17.6 Å². The Morgan fingerprint density at radius 3 is 2.37 bits per heavy atom. The minimum Gasteiger partial charge on any atom is -0.370 e. The first-order valence-corrected chi connectivity index (χ1v) is 6.00. The van der Waals surface area contributed by atoms with Crippen molar-refractivity contribution in [1.29, 1.82) is 5.41 Å². The number of benzene rings is 1. The summed E-state index contributed by atoms with van der Waals surface area (Å²) in [7, 11) is 0. The predicted molar refractivity (Wildman–Crippen MR) is 73.7 cm³/mol. The number of guanidine groups is 2.